The van der Waals surface area contributed by atoms with Gasteiger partial charge in [0, 0.05) is 24.5 Å². The van der Waals surface area contributed by atoms with E-state index < -0.39 is 5.97 Å². The van der Waals surface area contributed by atoms with Crippen LogP contribution in [0.15, 0.2) is 11.6 Å². The summed E-state index contributed by atoms with van der Waals surface area (Å²) in [6.45, 7) is 6.15. The Kier molecular flexibility index (Phi) is 4.42. The highest BCUT2D eigenvalue weighted by Crippen LogP contribution is 2.20. The first-order chi connectivity index (χ1) is 6.58. The van der Waals surface area contributed by atoms with Gasteiger partial charge in [-0.15, -0.1) is 0 Å². The maximum Gasteiger partial charge on any atom is 0.303 e. The number of piperidine rings is 1. The average Bonchev–Trinajstić information content (AvgIpc) is 2.01. The van der Waals surface area contributed by atoms with Gasteiger partial charge in [-0.05, 0) is 25.3 Å². The molecule has 0 aromatic heterocycles. The molecule has 0 bridgehead atoms. The normalized spacial score (nSPS) is 23.4. The number of carbonyl (C=O) groups is 1. The van der Waals surface area contributed by atoms with Crippen molar-refractivity contribution < 1.29 is 9.90 Å². The van der Waals surface area contributed by atoms with Crippen molar-refractivity contribution in [2.24, 2.45) is 5.92 Å². The molecule has 1 fully saturated rings. The summed E-state index contributed by atoms with van der Waals surface area (Å²) in [7, 11) is 0. The zero-order valence-corrected chi connectivity index (χ0v) is 8.96. The van der Waals surface area contributed by atoms with Crippen molar-refractivity contribution >= 4 is 17.6 Å². The van der Waals surface area contributed by atoms with Gasteiger partial charge in [0.05, 0.1) is 0 Å². The lowest BCUT2D eigenvalue weighted by Crippen LogP contribution is -2.36. The molecule has 1 atom stereocenters. The zero-order chi connectivity index (χ0) is 10.6. The molecule has 0 aliphatic carbocycles. The van der Waals surface area contributed by atoms with E-state index in [1.54, 1.807) is 0 Å². The third-order valence-electron chi connectivity index (χ3n) is 2.46. The first-order valence-electron chi connectivity index (χ1n) is 4.85. The highest BCUT2D eigenvalue weighted by Gasteiger charge is 2.21. The van der Waals surface area contributed by atoms with Gasteiger partial charge < -0.3 is 5.11 Å². The fourth-order valence-corrected chi connectivity index (χ4v) is 2.12. The number of likely N-dealkylation sites (tertiary alicyclic amines) is 1. The molecule has 0 radical (unpaired) electrons. The Hall–Kier alpha value is -0.540. The topological polar surface area (TPSA) is 40.5 Å². The second-order valence-electron chi connectivity index (χ2n) is 3.86. The van der Waals surface area contributed by atoms with E-state index in [0.29, 0.717) is 11.6 Å². The average molecular weight is 218 g/mol. The largest absolute Gasteiger partial charge is 0.481 e. The summed E-state index contributed by atoms with van der Waals surface area (Å²) in [5.41, 5.74) is 0. The Morgan fingerprint density at radius 3 is 2.93 bits per heavy atom. The Morgan fingerprint density at radius 2 is 2.36 bits per heavy atom. The van der Waals surface area contributed by atoms with Crippen LogP contribution >= 0.6 is 11.6 Å². The zero-order valence-electron chi connectivity index (χ0n) is 8.21. The van der Waals surface area contributed by atoms with Crippen molar-refractivity contribution in [1.82, 2.24) is 4.90 Å². The minimum Gasteiger partial charge on any atom is -0.481 e. The first kappa shape index (κ1) is 11.5. The minimum atomic E-state index is -0.707. The number of rotatable bonds is 4. The molecule has 0 saturated carbocycles. The quantitative estimate of drug-likeness (QED) is 0.782. The molecule has 0 aromatic carbocycles. The molecule has 3 nitrogen and oxygen atoms in total. The second kappa shape index (κ2) is 5.37. The summed E-state index contributed by atoms with van der Waals surface area (Å²) in [6.07, 6.45) is 2.34. The van der Waals surface area contributed by atoms with Gasteiger partial charge in [-0.2, -0.15) is 0 Å². The van der Waals surface area contributed by atoms with E-state index in [2.05, 4.69) is 11.5 Å². The van der Waals surface area contributed by atoms with Crippen molar-refractivity contribution in [3.63, 3.8) is 0 Å². The SMILES string of the molecule is C=C(Cl)CN1CCCC(CC(=O)O)C1. The molecule has 0 spiro atoms. The van der Waals surface area contributed by atoms with Gasteiger partial charge in [0.2, 0.25) is 0 Å². The number of hydrogen-bond acceptors (Lipinski definition) is 2. The van der Waals surface area contributed by atoms with E-state index in [0.717, 1.165) is 25.9 Å². The van der Waals surface area contributed by atoms with Gasteiger partial charge in [0.1, 0.15) is 0 Å². The van der Waals surface area contributed by atoms with Crippen LogP contribution in [0.25, 0.3) is 0 Å². The molecule has 80 valence electrons. The van der Waals surface area contributed by atoms with Crippen molar-refractivity contribution in [3.8, 4) is 0 Å². The predicted molar refractivity (Wildman–Crippen MR) is 56.4 cm³/mol. The molecule has 1 unspecified atom stereocenters. The van der Waals surface area contributed by atoms with E-state index in [1.165, 1.54) is 0 Å². The summed E-state index contributed by atoms with van der Waals surface area (Å²) >= 11 is 5.71. The number of aliphatic carboxylic acids is 1. The van der Waals surface area contributed by atoms with Gasteiger partial charge in [-0.3, -0.25) is 9.69 Å². The molecular weight excluding hydrogens is 202 g/mol. The third-order valence-corrected chi connectivity index (χ3v) is 2.58. The molecule has 1 N–H and O–H groups in total. The highest BCUT2D eigenvalue weighted by atomic mass is 35.5. The van der Waals surface area contributed by atoms with Crippen molar-refractivity contribution in [2.45, 2.75) is 19.3 Å². The molecule has 14 heavy (non-hydrogen) atoms. The van der Waals surface area contributed by atoms with Crippen LogP contribution in [0.5, 0.6) is 0 Å². The lowest BCUT2D eigenvalue weighted by Gasteiger charge is -2.31. The summed E-state index contributed by atoms with van der Waals surface area (Å²) in [4.78, 5) is 12.7. The van der Waals surface area contributed by atoms with Crippen LogP contribution < -0.4 is 0 Å². The van der Waals surface area contributed by atoms with Crippen LogP contribution in [0.4, 0.5) is 0 Å². The maximum atomic E-state index is 10.5. The predicted octanol–water partition coefficient (Wildman–Crippen LogP) is 1.93. The number of carboxylic acid groups (broad SMARTS) is 1. The van der Waals surface area contributed by atoms with E-state index in [1.807, 2.05) is 0 Å². The Labute approximate surface area is 89.3 Å². The molecule has 1 rings (SSSR count). The summed E-state index contributed by atoms with van der Waals surface area (Å²) in [5.74, 6) is -0.432. The molecular formula is C10H16ClNO2. The van der Waals surface area contributed by atoms with Crippen LogP contribution in [-0.2, 0) is 4.79 Å². The Bertz CT molecular complexity index is 208. The van der Waals surface area contributed by atoms with E-state index in [9.17, 15) is 4.79 Å². The van der Waals surface area contributed by atoms with E-state index in [4.69, 9.17) is 16.7 Å². The molecule has 4 heteroatoms. The molecule has 1 aliphatic rings. The standard InChI is InChI=1S/C10H16ClNO2/c1-8(11)6-12-4-2-3-9(7-12)5-10(13)14/h9H,1-7H2,(H,13,14). The Morgan fingerprint density at radius 1 is 1.64 bits per heavy atom. The van der Waals surface area contributed by atoms with Gasteiger partial charge in [0.25, 0.3) is 0 Å². The summed E-state index contributed by atoms with van der Waals surface area (Å²) in [6, 6.07) is 0. The van der Waals surface area contributed by atoms with Crippen molar-refractivity contribution in [3.05, 3.63) is 11.6 Å². The monoisotopic (exact) mass is 217 g/mol. The molecule has 1 saturated heterocycles. The van der Waals surface area contributed by atoms with Gasteiger partial charge in [-0.1, -0.05) is 18.2 Å². The molecule has 1 aliphatic heterocycles. The molecule has 0 amide bonds. The number of nitrogens with zero attached hydrogens (tertiary/aromatic N) is 1. The second-order valence-corrected chi connectivity index (χ2v) is 4.39. The summed E-state index contributed by atoms with van der Waals surface area (Å²) < 4.78 is 0. The van der Waals surface area contributed by atoms with Gasteiger partial charge in [-0.25, -0.2) is 0 Å². The maximum absolute atomic E-state index is 10.5. The van der Waals surface area contributed by atoms with Gasteiger partial charge in [0.15, 0.2) is 0 Å². The summed E-state index contributed by atoms with van der Waals surface area (Å²) in [5, 5.41) is 9.30. The fraction of sp³-hybridized carbons (Fsp3) is 0.700. The van der Waals surface area contributed by atoms with Gasteiger partial charge >= 0.3 is 5.97 Å². The van der Waals surface area contributed by atoms with Crippen LogP contribution in [0.2, 0.25) is 0 Å². The number of halogens is 1. The molecule has 1 heterocycles. The number of carboxylic acids is 1. The third kappa shape index (κ3) is 4.11. The van der Waals surface area contributed by atoms with Crippen LogP contribution in [0, 0.1) is 5.92 Å². The number of hydrogen-bond donors (Lipinski definition) is 1. The fourth-order valence-electron chi connectivity index (χ4n) is 1.95. The van der Waals surface area contributed by atoms with Crippen molar-refractivity contribution in [2.75, 3.05) is 19.6 Å². The van der Waals surface area contributed by atoms with Crippen LogP contribution in [0.3, 0.4) is 0 Å². The van der Waals surface area contributed by atoms with E-state index >= 15 is 0 Å². The first-order valence-corrected chi connectivity index (χ1v) is 5.23. The Balaban J connectivity index is 2.35. The molecule has 0 aromatic rings. The smallest absolute Gasteiger partial charge is 0.303 e. The van der Waals surface area contributed by atoms with Crippen molar-refractivity contribution in [1.29, 1.82) is 0 Å². The highest BCUT2D eigenvalue weighted by molar-refractivity contribution is 6.29. The van der Waals surface area contributed by atoms with Crippen LogP contribution in [-0.4, -0.2) is 35.6 Å². The lowest BCUT2D eigenvalue weighted by molar-refractivity contribution is -0.138. The van der Waals surface area contributed by atoms with E-state index in [-0.39, 0.29) is 12.3 Å². The van der Waals surface area contributed by atoms with Crippen LogP contribution in [0.1, 0.15) is 19.3 Å². The lowest BCUT2D eigenvalue weighted by atomic mass is 9.95. The minimum absolute atomic E-state index is 0.269.